The van der Waals surface area contributed by atoms with Crippen molar-refractivity contribution in [2.24, 2.45) is 5.92 Å². The predicted molar refractivity (Wildman–Crippen MR) is 63.4 cm³/mol. The maximum atomic E-state index is 5.81. The van der Waals surface area contributed by atoms with E-state index < -0.39 is 0 Å². The first-order valence-corrected chi connectivity index (χ1v) is 6.60. The number of ether oxygens (including phenoxy) is 1. The molecule has 1 aromatic rings. The molecule has 1 N–H and O–H groups in total. The average molecular weight is 236 g/mol. The van der Waals surface area contributed by atoms with E-state index in [4.69, 9.17) is 4.74 Å². The van der Waals surface area contributed by atoms with Crippen molar-refractivity contribution < 1.29 is 4.74 Å². The molecular weight excluding hydrogens is 216 g/mol. The molecule has 1 aliphatic carbocycles. The lowest BCUT2D eigenvalue weighted by atomic mass is 10.1. The summed E-state index contributed by atoms with van der Waals surface area (Å²) in [7, 11) is 0. The largest absolute Gasteiger partial charge is 0.376 e. The second-order valence-electron chi connectivity index (χ2n) is 4.94. The van der Waals surface area contributed by atoms with Crippen LogP contribution < -0.4 is 5.32 Å². The van der Waals surface area contributed by atoms with Gasteiger partial charge in [-0.3, -0.25) is 0 Å². The van der Waals surface area contributed by atoms with Gasteiger partial charge in [-0.05, 0) is 32.1 Å². The standard InChI is InChI=1S/C12H20N4O/c1-2-16-11(14-8-15-16)7-13-10-5-6-17-12(10)9-3-4-9/h8-10,12-13H,2-7H2,1H3. The van der Waals surface area contributed by atoms with Crippen molar-refractivity contribution in [2.75, 3.05) is 6.61 Å². The topological polar surface area (TPSA) is 52.0 Å². The van der Waals surface area contributed by atoms with Gasteiger partial charge in [-0.1, -0.05) is 0 Å². The zero-order valence-corrected chi connectivity index (χ0v) is 10.3. The van der Waals surface area contributed by atoms with Crippen molar-refractivity contribution in [1.82, 2.24) is 20.1 Å². The third-order valence-electron chi connectivity index (χ3n) is 3.74. The van der Waals surface area contributed by atoms with Gasteiger partial charge in [-0.2, -0.15) is 5.10 Å². The molecule has 2 fully saturated rings. The molecule has 0 bridgehead atoms. The summed E-state index contributed by atoms with van der Waals surface area (Å²) >= 11 is 0. The molecule has 1 aromatic heterocycles. The van der Waals surface area contributed by atoms with E-state index in [2.05, 4.69) is 22.3 Å². The Morgan fingerprint density at radius 1 is 1.47 bits per heavy atom. The van der Waals surface area contributed by atoms with Crippen molar-refractivity contribution in [3.63, 3.8) is 0 Å². The van der Waals surface area contributed by atoms with Gasteiger partial charge >= 0.3 is 0 Å². The van der Waals surface area contributed by atoms with E-state index in [-0.39, 0.29) is 0 Å². The van der Waals surface area contributed by atoms with Gasteiger partial charge in [0, 0.05) is 19.2 Å². The molecule has 5 nitrogen and oxygen atoms in total. The van der Waals surface area contributed by atoms with Gasteiger partial charge in [0.1, 0.15) is 12.2 Å². The first-order chi connectivity index (χ1) is 8.38. The second kappa shape index (κ2) is 4.74. The molecule has 1 aliphatic heterocycles. The van der Waals surface area contributed by atoms with Gasteiger partial charge < -0.3 is 10.1 Å². The lowest BCUT2D eigenvalue weighted by molar-refractivity contribution is 0.0807. The Morgan fingerprint density at radius 2 is 2.35 bits per heavy atom. The van der Waals surface area contributed by atoms with Crippen LogP contribution in [0.5, 0.6) is 0 Å². The third-order valence-corrected chi connectivity index (χ3v) is 3.74. The highest BCUT2D eigenvalue weighted by Gasteiger charge is 2.40. The second-order valence-corrected chi connectivity index (χ2v) is 4.94. The number of nitrogens with one attached hydrogen (secondary N) is 1. The highest BCUT2D eigenvalue weighted by molar-refractivity contribution is 4.95. The zero-order valence-electron chi connectivity index (χ0n) is 10.3. The zero-order chi connectivity index (χ0) is 11.7. The highest BCUT2D eigenvalue weighted by atomic mass is 16.5. The van der Waals surface area contributed by atoms with E-state index in [1.54, 1.807) is 6.33 Å². The fourth-order valence-corrected chi connectivity index (χ4v) is 2.63. The number of hydrogen-bond donors (Lipinski definition) is 1. The van der Waals surface area contributed by atoms with E-state index in [0.29, 0.717) is 12.1 Å². The van der Waals surface area contributed by atoms with Crippen LogP contribution in [0.15, 0.2) is 6.33 Å². The monoisotopic (exact) mass is 236 g/mol. The number of aromatic nitrogens is 3. The molecule has 3 rings (SSSR count). The molecule has 1 saturated carbocycles. The van der Waals surface area contributed by atoms with Crippen molar-refractivity contribution in [3.05, 3.63) is 12.2 Å². The van der Waals surface area contributed by atoms with E-state index in [1.165, 1.54) is 12.8 Å². The van der Waals surface area contributed by atoms with Crippen LogP contribution in [0.4, 0.5) is 0 Å². The van der Waals surface area contributed by atoms with Crippen molar-refractivity contribution in [2.45, 2.75) is 51.4 Å². The van der Waals surface area contributed by atoms with Gasteiger partial charge in [0.2, 0.25) is 0 Å². The maximum Gasteiger partial charge on any atom is 0.140 e. The van der Waals surface area contributed by atoms with Crippen LogP contribution in [0, 0.1) is 5.92 Å². The summed E-state index contributed by atoms with van der Waals surface area (Å²) in [6.07, 6.45) is 5.88. The molecular formula is C12H20N4O. The molecule has 5 heteroatoms. The lowest BCUT2D eigenvalue weighted by Crippen LogP contribution is -2.37. The van der Waals surface area contributed by atoms with E-state index >= 15 is 0 Å². The smallest absolute Gasteiger partial charge is 0.140 e. The molecule has 2 aliphatic rings. The fraction of sp³-hybridized carbons (Fsp3) is 0.833. The molecule has 0 spiro atoms. The van der Waals surface area contributed by atoms with Gasteiger partial charge in [-0.15, -0.1) is 0 Å². The van der Waals surface area contributed by atoms with Crippen LogP contribution >= 0.6 is 0 Å². The Morgan fingerprint density at radius 3 is 3.12 bits per heavy atom. The number of nitrogens with zero attached hydrogens (tertiary/aromatic N) is 3. The summed E-state index contributed by atoms with van der Waals surface area (Å²) in [6, 6.07) is 0.504. The Bertz CT molecular complexity index is 374. The Labute approximate surface area is 102 Å². The maximum absolute atomic E-state index is 5.81. The van der Waals surface area contributed by atoms with Gasteiger partial charge in [0.25, 0.3) is 0 Å². The normalized spacial score (nSPS) is 28.8. The molecule has 17 heavy (non-hydrogen) atoms. The van der Waals surface area contributed by atoms with Crippen LogP contribution in [0.1, 0.15) is 32.0 Å². The number of hydrogen-bond acceptors (Lipinski definition) is 4. The summed E-state index contributed by atoms with van der Waals surface area (Å²) in [6.45, 7) is 4.67. The van der Waals surface area contributed by atoms with Crippen molar-refractivity contribution in [3.8, 4) is 0 Å². The van der Waals surface area contributed by atoms with E-state index in [1.807, 2.05) is 4.68 Å². The Hall–Kier alpha value is -0.940. The van der Waals surface area contributed by atoms with Gasteiger partial charge in [0.15, 0.2) is 0 Å². The highest BCUT2D eigenvalue weighted by Crippen LogP contribution is 2.38. The van der Waals surface area contributed by atoms with Crippen molar-refractivity contribution in [1.29, 1.82) is 0 Å². The molecule has 0 amide bonds. The first-order valence-electron chi connectivity index (χ1n) is 6.60. The van der Waals surface area contributed by atoms with Crippen LogP contribution in [-0.4, -0.2) is 33.5 Å². The Kier molecular flexibility index (Phi) is 3.11. The molecule has 2 heterocycles. The van der Waals surface area contributed by atoms with Crippen LogP contribution in [0.2, 0.25) is 0 Å². The molecule has 94 valence electrons. The van der Waals surface area contributed by atoms with Crippen LogP contribution in [0.3, 0.4) is 0 Å². The minimum absolute atomic E-state index is 0.438. The van der Waals surface area contributed by atoms with Crippen LogP contribution in [-0.2, 0) is 17.8 Å². The third kappa shape index (κ3) is 2.35. The minimum Gasteiger partial charge on any atom is -0.376 e. The van der Waals surface area contributed by atoms with Gasteiger partial charge in [0.05, 0.1) is 12.6 Å². The lowest BCUT2D eigenvalue weighted by Gasteiger charge is -2.19. The molecule has 0 aromatic carbocycles. The number of rotatable bonds is 5. The molecule has 2 atom stereocenters. The SMILES string of the molecule is CCn1ncnc1CNC1CCOC1C1CC1. The predicted octanol–water partition coefficient (Wildman–Crippen LogP) is 0.955. The first kappa shape index (κ1) is 11.2. The Balaban J connectivity index is 1.56. The summed E-state index contributed by atoms with van der Waals surface area (Å²) in [5.74, 6) is 1.83. The summed E-state index contributed by atoms with van der Waals surface area (Å²) < 4.78 is 7.75. The summed E-state index contributed by atoms with van der Waals surface area (Å²) in [5.41, 5.74) is 0. The fourth-order valence-electron chi connectivity index (χ4n) is 2.63. The molecule has 2 unspecified atom stereocenters. The number of aryl methyl sites for hydroxylation is 1. The summed E-state index contributed by atoms with van der Waals surface area (Å²) in [4.78, 5) is 4.28. The quantitative estimate of drug-likeness (QED) is 0.827. The van der Waals surface area contributed by atoms with Crippen LogP contribution in [0.25, 0.3) is 0 Å². The average Bonchev–Trinajstić information content (AvgIpc) is 2.93. The summed E-state index contributed by atoms with van der Waals surface area (Å²) in [5, 5.41) is 7.76. The molecule has 0 radical (unpaired) electrons. The van der Waals surface area contributed by atoms with Gasteiger partial charge in [-0.25, -0.2) is 9.67 Å². The van der Waals surface area contributed by atoms with Crippen molar-refractivity contribution >= 4 is 0 Å². The van der Waals surface area contributed by atoms with E-state index in [0.717, 1.165) is 37.9 Å². The van der Waals surface area contributed by atoms with E-state index in [9.17, 15) is 0 Å². The molecule has 1 saturated heterocycles. The minimum atomic E-state index is 0.438.